The second kappa shape index (κ2) is 11.3. The Hall–Kier alpha value is -3.51. The van der Waals surface area contributed by atoms with Crippen molar-refractivity contribution in [1.29, 1.82) is 0 Å². The number of hydrogen-bond donors (Lipinski definition) is 1. The first-order valence-electron chi connectivity index (χ1n) is 12.0. The summed E-state index contributed by atoms with van der Waals surface area (Å²) in [6, 6.07) is 20.4. The van der Waals surface area contributed by atoms with E-state index in [2.05, 4.69) is 42.2 Å². The predicted molar refractivity (Wildman–Crippen MR) is 136 cm³/mol. The Morgan fingerprint density at radius 2 is 1.74 bits per heavy atom. The molecule has 0 amide bonds. The van der Waals surface area contributed by atoms with Crippen LogP contribution >= 0.6 is 0 Å². The Morgan fingerprint density at radius 3 is 2.40 bits per heavy atom. The lowest BCUT2D eigenvalue weighted by atomic mass is 9.97. The van der Waals surface area contributed by atoms with E-state index in [-0.39, 0.29) is 5.92 Å². The van der Waals surface area contributed by atoms with Crippen molar-refractivity contribution < 1.29 is 24.1 Å². The molecular formula is C29H33NO5. The summed E-state index contributed by atoms with van der Waals surface area (Å²) in [5.74, 6) is 0.939. The summed E-state index contributed by atoms with van der Waals surface area (Å²) in [6.07, 6.45) is 1.59. The molecule has 0 saturated carbocycles. The van der Waals surface area contributed by atoms with Gasteiger partial charge in [-0.3, -0.25) is 9.69 Å². The van der Waals surface area contributed by atoms with Gasteiger partial charge in [-0.05, 0) is 48.6 Å². The molecule has 0 spiro atoms. The van der Waals surface area contributed by atoms with Crippen LogP contribution in [-0.4, -0.2) is 43.3 Å². The van der Waals surface area contributed by atoms with Crippen LogP contribution in [0.4, 0.5) is 0 Å². The maximum Gasteiger partial charge on any atom is 0.307 e. The van der Waals surface area contributed by atoms with E-state index in [1.54, 1.807) is 14.2 Å². The van der Waals surface area contributed by atoms with Crippen LogP contribution in [-0.2, 0) is 17.9 Å². The summed E-state index contributed by atoms with van der Waals surface area (Å²) < 4.78 is 17.6. The van der Waals surface area contributed by atoms with Crippen LogP contribution in [0, 0.1) is 12.8 Å². The molecular weight excluding hydrogens is 442 g/mol. The molecule has 1 saturated heterocycles. The van der Waals surface area contributed by atoms with Crippen LogP contribution in [0.5, 0.6) is 17.2 Å². The molecule has 1 aliphatic rings. The lowest BCUT2D eigenvalue weighted by Crippen LogP contribution is -2.38. The third-order valence-electron chi connectivity index (χ3n) is 6.74. The number of nitrogens with zero attached hydrogens (tertiary/aromatic N) is 1. The first-order chi connectivity index (χ1) is 17.0. The van der Waals surface area contributed by atoms with Gasteiger partial charge in [-0.25, -0.2) is 0 Å². The second-order valence-electron chi connectivity index (χ2n) is 8.96. The standard InChI is InChI=1S/C29H33NO5/c1-20-23(11-7-13-25(20)21-9-5-4-6-10-21)19-35-24-15-27(33-2)26(28(16-24)34-3)18-30-14-8-12-22(17-30)29(31)32/h4-7,9-11,13,15-16,22H,8,12,14,17-19H2,1-3H3,(H,31,32). The van der Waals surface area contributed by atoms with Gasteiger partial charge >= 0.3 is 5.97 Å². The van der Waals surface area contributed by atoms with Gasteiger partial charge in [0.05, 0.1) is 25.7 Å². The van der Waals surface area contributed by atoms with Crippen LogP contribution in [0.2, 0.25) is 0 Å². The van der Waals surface area contributed by atoms with Gasteiger partial charge in [0.1, 0.15) is 23.9 Å². The highest BCUT2D eigenvalue weighted by Crippen LogP contribution is 2.36. The molecule has 1 unspecified atom stereocenters. The molecule has 6 heteroatoms. The Labute approximate surface area is 207 Å². The SMILES string of the molecule is COc1cc(OCc2cccc(-c3ccccc3)c2C)cc(OC)c1CN1CCCC(C(=O)O)C1. The average molecular weight is 476 g/mol. The Morgan fingerprint density at radius 1 is 1.03 bits per heavy atom. The number of benzene rings is 3. The van der Waals surface area contributed by atoms with Crippen molar-refractivity contribution in [1.82, 2.24) is 4.90 Å². The van der Waals surface area contributed by atoms with Crippen molar-refractivity contribution >= 4 is 5.97 Å². The number of hydrogen-bond acceptors (Lipinski definition) is 5. The number of piperidine rings is 1. The predicted octanol–water partition coefficient (Wildman–Crippen LogP) is 5.55. The van der Waals surface area contributed by atoms with Gasteiger partial charge in [-0.1, -0.05) is 48.5 Å². The molecule has 1 fully saturated rings. The first-order valence-corrected chi connectivity index (χ1v) is 12.0. The minimum Gasteiger partial charge on any atom is -0.496 e. The van der Waals surface area contributed by atoms with E-state index in [9.17, 15) is 9.90 Å². The van der Waals surface area contributed by atoms with E-state index < -0.39 is 5.97 Å². The molecule has 184 valence electrons. The third kappa shape index (κ3) is 5.77. The molecule has 4 rings (SSSR count). The lowest BCUT2D eigenvalue weighted by molar-refractivity contribution is -0.143. The van der Waals surface area contributed by atoms with Crippen molar-refractivity contribution in [2.24, 2.45) is 5.92 Å². The minimum absolute atomic E-state index is 0.335. The number of carbonyl (C=O) groups is 1. The van der Waals surface area contributed by atoms with Crippen LogP contribution in [0.15, 0.2) is 60.7 Å². The third-order valence-corrected chi connectivity index (χ3v) is 6.74. The first kappa shape index (κ1) is 24.6. The Balaban J connectivity index is 1.52. The molecule has 0 aliphatic carbocycles. The topological polar surface area (TPSA) is 68.2 Å². The molecule has 6 nitrogen and oxygen atoms in total. The maximum absolute atomic E-state index is 11.5. The van der Waals surface area contributed by atoms with Gasteiger partial charge in [0.2, 0.25) is 0 Å². The van der Waals surface area contributed by atoms with Crippen molar-refractivity contribution in [3.63, 3.8) is 0 Å². The number of carboxylic acids is 1. The number of carboxylic acid groups (broad SMARTS) is 1. The summed E-state index contributed by atoms with van der Waals surface area (Å²) in [6.45, 7) is 4.48. The molecule has 35 heavy (non-hydrogen) atoms. The number of likely N-dealkylation sites (tertiary alicyclic amines) is 1. The fourth-order valence-corrected chi connectivity index (χ4v) is 4.75. The molecule has 1 N–H and O–H groups in total. The van der Waals surface area contributed by atoms with Crippen molar-refractivity contribution in [3.8, 4) is 28.4 Å². The largest absolute Gasteiger partial charge is 0.496 e. The van der Waals surface area contributed by atoms with Crippen molar-refractivity contribution in [2.75, 3.05) is 27.3 Å². The zero-order chi connectivity index (χ0) is 24.8. The van der Waals surface area contributed by atoms with E-state index in [1.165, 1.54) is 16.7 Å². The van der Waals surface area contributed by atoms with E-state index in [0.717, 1.165) is 30.5 Å². The van der Waals surface area contributed by atoms with Gasteiger partial charge in [-0.2, -0.15) is 0 Å². The quantitative estimate of drug-likeness (QED) is 0.437. The molecule has 3 aromatic rings. The van der Waals surface area contributed by atoms with E-state index in [4.69, 9.17) is 14.2 Å². The molecule has 1 atom stereocenters. The summed E-state index contributed by atoms with van der Waals surface area (Å²) in [5.41, 5.74) is 5.57. The summed E-state index contributed by atoms with van der Waals surface area (Å²) in [7, 11) is 3.26. The van der Waals surface area contributed by atoms with Crippen LogP contribution in [0.25, 0.3) is 11.1 Å². The summed E-state index contributed by atoms with van der Waals surface area (Å²) in [4.78, 5) is 13.6. The van der Waals surface area contributed by atoms with Crippen molar-refractivity contribution in [2.45, 2.75) is 32.9 Å². The van der Waals surface area contributed by atoms with Gasteiger partial charge in [0.25, 0.3) is 0 Å². The van der Waals surface area contributed by atoms with Gasteiger partial charge < -0.3 is 19.3 Å². The molecule has 0 radical (unpaired) electrons. The number of ether oxygens (including phenoxy) is 3. The smallest absolute Gasteiger partial charge is 0.307 e. The Kier molecular flexibility index (Phi) is 7.93. The number of aliphatic carboxylic acids is 1. The monoisotopic (exact) mass is 475 g/mol. The maximum atomic E-state index is 11.5. The highest BCUT2D eigenvalue weighted by Gasteiger charge is 2.27. The Bertz CT molecular complexity index is 1140. The zero-order valence-corrected chi connectivity index (χ0v) is 20.6. The van der Waals surface area contributed by atoms with E-state index in [0.29, 0.717) is 36.9 Å². The van der Waals surface area contributed by atoms with Crippen LogP contribution in [0.1, 0.15) is 29.5 Å². The highest BCUT2D eigenvalue weighted by molar-refractivity contribution is 5.70. The average Bonchev–Trinajstić information content (AvgIpc) is 2.89. The zero-order valence-electron chi connectivity index (χ0n) is 20.6. The van der Waals surface area contributed by atoms with Gasteiger partial charge in [0, 0.05) is 25.2 Å². The molecule has 0 bridgehead atoms. The van der Waals surface area contributed by atoms with Crippen LogP contribution in [0.3, 0.4) is 0 Å². The van der Waals surface area contributed by atoms with E-state index >= 15 is 0 Å². The molecule has 1 aliphatic heterocycles. The number of rotatable bonds is 9. The summed E-state index contributed by atoms with van der Waals surface area (Å²) in [5, 5.41) is 9.42. The minimum atomic E-state index is -0.732. The molecule has 1 heterocycles. The fraction of sp³-hybridized carbons (Fsp3) is 0.345. The second-order valence-corrected chi connectivity index (χ2v) is 8.96. The fourth-order valence-electron chi connectivity index (χ4n) is 4.75. The van der Waals surface area contributed by atoms with Crippen molar-refractivity contribution in [3.05, 3.63) is 77.4 Å². The number of methoxy groups -OCH3 is 2. The lowest BCUT2D eigenvalue weighted by Gasteiger charge is -2.31. The molecule has 3 aromatic carbocycles. The highest BCUT2D eigenvalue weighted by atomic mass is 16.5. The molecule has 0 aromatic heterocycles. The summed E-state index contributed by atoms with van der Waals surface area (Å²) >= 11 is 0. The van der Waals surface area contributed by atoms with E-state index in [1.807, 2.05) is 30.3 Å². The van der Waals surface area contributed by atoms with Gasteiger partial charge in [0.15, 0.2) is 0 Å². The van der Waals surface area contributed by atoms with Crippen LogP contribution < -0.4 is 14.2 Å². The van der Waals surface area contributed by atoms with Gasteiger partial charge in [-0.15, -0.1) is 0 Å². The normalized spacial score (nSPS) is 16.0.